The predicted octanol–water partition coefficient (Wildman–Crippen LogP) is 3.44. The molecule has 4 rings (SSSR count). The van der Waals surface area contributed by atoms with Crippen LogP contribution in [0.2, 0.25) is 0 Å². The van der Waals surface area contributed by atoms with Crippen molar-refractivity contribution in [2.24, 2.45) is 5.92 Å². The van der Waals surface area contributed by atoms with Crippen LogP contribution in [0.15, 0.2) is 24.3 Å². The Labute approximate surface area is 141 Å². The van der Waals surface area contributed by atoms with Gasteiger partial charge in [-0.05, 0) is 61.8 Å². The summed E-state index contributed by atoms with van der Waals surface area (Å²) >= 11 is 0. The minimum absolute atomic E-state index is 0.00994. The van der Waals surface area contributed by atoms with E-state index in [1.807, 2.05) is 23.1 Å². The topological polar surface area (TPSA) is 49.0 Å². The minimum atomic E-state index is -0.150. The van der Waals surface area contributed by atoms with Gasteiger partial charge in [0, 0.05) is 24.7 Å². The van der Waals surface area contributed by atoms with Crippen molar-refractivity contribution in [2.45, 2.75) is 38.5 Å². The molecule has 2 fully saturated rings. The SMILES string of the molecule is Cc1ccc(CC2CCN(C(=O)c3cc(C4CC4)[nH]n3)C2)cc1F. The van der Waals surface area contributed by atoms with Gasteiger partial charge in [-0.15, -0.1) is 0 Å². The molecule has 24 heavy (non-hydrogen) atoms. The number of amides is 1. The number of nitrogens with one attached hydrogen (secondary N) is 1. The van der Waals surface area contributed by atoms with E-state index in [2.05, 4.69) is 10.2 Å². The van der Waals surface area contributed by atoms with Crippen LogP contribution in [0.1, 0.15) is 52.5 Å². The van der Waals surface area contributed by atoms with E-state index in [9.17, 15) is 9.18 Å². The number of aryl methyl sites for hydroxylation is 1. The number of hydrogen-bond acceptors (Lipinski definition) is 2. The number of benzene rings is 1. The fourth-order valence-electron chi connectivity index (χ4n) is 3.49. The quantitative estimate of drug-likeness (QED) is 0.935. The number of aromatic amines is 1. The van der Waals surface area contributed by atoms with Gasteiger partial charge < -0.3 is 4.90 Å². The minimum Gasteiger partial charge on any atom is -0.337 e. The zero-order chi connectivity index (χ0) is 16.7. The zero-order valence-corrected chi connectivity index (χ0v) is 13.9. The third kappa shape index (κ3) is 3.07. The Morgan fingerprint density at radius 3 is 2.92 bits per heavy atom. The van der Waals surface area contributed by atoms with Gasteiger partial charge in [0.2, 0.25) is 0 Å². The predicted molar refractivity (Wildman–Crippen MR) is 89.4 cm³/mol. The molecule has 1 aromatic heterocycles. The number of aromatic nitrogens is 2. The lowest BCUT2D eigenvalue weighted by atomic mass is 9.98. The van der Waals surface area contributed by atoms with Crippen molar-refractivity contribution in [2.75, 3.05) is 13.1 Å². The normalized spacial score (nSPS) is 20.6. The molecule has 1 amide bonds. The number of likely N-dealkylation sites (tertiary alicyclic amines) is 1. The van der Waals surface area contributed by atoms with Crippen LogP contribution in [0, 0.1) is 18.7 Å². The highest BCUT2D eigenvalue weighted by Crippen LogP contribution is 2.39. The highest BCUT2D eigenvalue weighted by molar-refractivity contribution is 5.92. The van der Waals surface area contributed by atoms with Crippen molar-refractivity contribution >= 4 is 5.91 Å². The summed E-state index contributed by atoms with van der Waals surface area (Å²) in [5, 5.41) is 7.18. The Balaban J connectivity index is 1.38. The Kier molecular flexibility index (Phi) is 3.87. The van der Waals surface area contributed by atoms with Crippen LogP contribution in [0.5, 0.6) is 0 Å². The van der Waals surface area contributed by atoms with E-state index in [4.69, 9.17) is 0 Å². The molecule has 5 heteroatoms. The van der Waals surface area contributed by atoms with Gasteiger partial charge in [-0.3, -0.25) is 9.89 Å². The van der Waals surface area contributed by atoms with Gasteiger partial charge in [0.25, 0.3) is 5.91 Å². The molecule has 1 unspecified atom stereocenters. The van der Waals surface area contributed by atoms with Crippen LogP contribution in [-0.4, -0.2) is 34.1 Å². The summed E-state index contributed by atoms with van der Waals surface area (Å²) in [6.07, 6.45) is 4.15. The third-order valence-electron chi connectivity index (χ3n) is 5.17. The number of halogens is 1. The van der Waals surface area contributed by atoms with Crippen LogP contribution >= 0.6 is 0 Å². The first kappa shape index (κ1) is 15.4. The Morgan fingerprint density at radius 1 is 1.33 bits per heavy atom. The van der Waals surface area contributed by atoms with Crippen LogP contribution in [0.3, 0.4) is 0 Å². The lowest BCUT2D eigenvalue weighted by Crippen LogP contribution is -2.29. The Hall–Kier alpha value is -2.17. The summed E-state index contributed by atoms with van der Waals surface area (Å²) in [4.78, 5) is 14.5. The van der Waals surface area contributed by atoms with E-state index in [-0.39, 0.29) is 11.7 Å². The molecule has 1 atom stereocenters. The van der Waals surface area contributed by atoms with E-state index in [0.29, 0.717) is 23.1 Å². The standard InChI is InChI=1S/C19H22FN3O/c1-12-2-3-13(9-16(12)20)8-14-6-7-23(11-14)19(24)18-10-17(21-22-18)15-4-5-15/h2-3,9-10,14-15H,4-8,11H2,1H3,(H,21,22). The van der Waals surface area contributed by atoms with Crippen LogP contribution in [0.4, 0.5) is 4.39 Å². The smallest absolute Gasteiger partial charge is 0.274 e. The monoisotopic (exact) mass is 327 g/mol. The second-order valence-electron chi connectivity index (χ2n) is 7.18. The number of carbonyl (C=O) groups is 1. The second kappa shape index (κ2) is 6.04. The summed E-state index contributed by atoms with van der Waals surface area (Å²) in [5.74, 6) is 0.818. The van der Waals surface area contributed by atoms with Crippen LogP contribution in [0.25, 0.3) is 0 Å². The van der Waals surface area contributed by atoms with Crippen molar-refractivity contribution < 1.29 is 9.18 Å². The largest absolute Gasteiger partial charge is 0.337 e. The molecule has 1 saturated heterocycles. The van der Waals surface area contributed by atoms with Gasteiger partial charge in [-0.2, -0.15) is 5.10 Å². The van der Waals surface area contributed by atoms with Gasteiger partial charge in [-0.25, -0.2) is 4.39 Å². The fraction of sp³-hybridized carbons (Fsp3) is 0.474. The summed E-state index contributed by atoms with van der Waals surface area (Å²) in [5.41, 5.74) is 3.29. The Bertz CT molecular complexity index is 766. The summed E-state index contributed by atoms with van der Waals surface area (Å²) in [6.45, 7) is 3.25. The molecule has 1 N–H and O–H groups in total. The molecule has 1 aliphatic heterocycles. The van der Waals surface area contributed by atoms with Crippen molar-refractivity contribution in [3.8, 4) is 0 Å². The molecule has 2 aliphatic rings. The fourth-order valence-corrected chi connectivity index (χ4v) is 3.49. The van der Waals surface area contributed by atoms with Crippen LogP contribution in [-0.2, 0) is 6.42 Å². The van der Waals surface area contributed by atoms with E-state index in [1.165, 1.54) is 12.8 Å². The maximum atomic E-state index is 13.7. The van der Waals surface area contributed by atoms with E-state index >= 15 is 0 Å². The molecule has 1 aliphatic carbocycles. The molecular weight excluding hydrogens is 305 g/mol. The first-order valence-electron chi connectivity index (χ1n) is 8.70. The highest BCUT2D eigenvalue weighted by Gasteiger charge is 2.30. The van der Waals surface area contributed by atoms with E-state index in [1.54, 1.807) is 13.0 Å². The first-order valence-corrected chi connectivity index (χ1v) is 8.70. The number of hydrogen-bond donors (Lipinski definition) is 1. The van der Waals surface area contributed by atoms with Crippen molar-refractivity contribution in [3.63, 3.8) is 0 Å². The molecule has 0 spiro atoms. The third-order valence-corrected chi connectivity index (χ3v) is 5.17. The van der Waals surface area contributed by atoms with Gasteiger partial charge in [0.15, 0.2) is 0 Å². The van der Waals surface area contributed by atoms with Gasteiger partial charge in [0.1, 0.15) is 11.5 Å². The molecule has 2 heterocycles. The number of H-pyrrole nitrogens is 1. The van der Waals surface area contributed by atoms with Crippen LogP contribution < -0.4 is 0 Å². The second-order valence-corrected chi connectivity index (χ2v) is 7.18. The molecule has 0 bridgehead atoms. The first-order chi connectivity index (χ1) is 11.6. The summed E-state index contributed by atoms with van der Waals surface area (Å²) in [7, 11) is 0. The maximum absolute atomic E-state index is 13.7. The molecule has 1 aromatic carbocycles. The summed E-state index contributed by atoms with van der Waals surface area (Å²) in [6, 6.07) is 7.34. The van der Waals surface area contributed by atoms with E-state index in [0.717, 1.165) is 37.2 Å². The van der Waals surface area contributed by atoms with E-state index < -0.39 is 0 Å². The maximum Gasteiger partial charge on any atom is 0.274 e. The zero-order valence-electron chi connectivity index (χ0n) is 13.9. The molecule has 1 saturated carbocycles. The molecule has 0 radical (unpaired) electrons. The average Bonchev–Trinajstić information content (AvgIpc) is 3.12. The molecule has 2 aromatic rings. The Morgan fingerprint density at radius 2 is 2.17 bits per heavy atom. The number of carbonyl (C=O) groups excluding carboxylic acids is 1. The van der Waals surface area contributed by atoms with Crippen molar-refractivity contribution in [1.29, 1.82) is 0 Å². The lowest BCUT2D eigenvalue weighted by Gasteiger charge is -2.15. The van der Waals surface area contributed by atoms with Gasteiger partial charge in [-0.1, -0.05) is 12.1 Å². The number of rotatable bonds is 4. The molecule has 126 valence electrons. The summed E-state index contributed by atoms with van der Waals surface area (Å²) < 4.78 is 13.7. The van der Waals surface area contributed by atoms with Gasteiger partial charge in [0.05, 0.1) is 0 Å². The lowest BCUT2D eigenvalue weighted by molar-refractivity contribution is 0.0781. The van der Waals surface area contributed by atoms with Gasteiger partial charge >= 0.3 is 0 Å². The average molecular weight is 327 g/mol. The molecular formula is C19H22FN3O. The van der Waals surface area contributed by atoms with Crippen molar-refractivity contribution in [1.82, 2.24) is 15.1 Å². The molecule has 4 nitrogen and oxygen atoms in total. The van der Waals surface area contributed by atoms with Crippen molar-refractivity contribution in [3.05, 3.63) is 52.6 Å². The highest BCUT2D eigenvalue weighted by atomic mass is 19.1. The number of nitrogens with zero attached hydrogens (tertiary/aromatic N) is 2.